The van der Waals surface area contributed by atoms with E-state index < -0.39 is 0 Å². The smallest absolute Gasteiger partial charge is 0.251 e. The zero-order valence-electron chi connectivity index (χ0n) is 9.02. The highest BCUT2D eigenvalue weighted by atomic mass is 16.6. The summed E-state index contributed by atoms with van der Waals surface area (Å²) in [5, 5.41) is 2.79. The van der Waals surface area contributed by atoms with E-state index in [1.54, 1.807) is 12.1 Å². The molecule has 0 radical (unpaired) electrons. The van der Waals surface area contributed by atoms with E-state index in [4.69, 9.17) is 9.47 Å². The molecule has 1 heterocycles. The van der Waals surface area contributed by atoms with E-state index in [0.29, 0.717) is 25.3 Å². The predicted octanol–water partition coefficient (Wildman–Crippen LogP) is 0.832. The highest BCUT2D eigenvalue weighted by Crippen LogP contribution is 2.07. The number of epoxide rings is 1. The van der Waals surface area contributed by atoms with Crippen molar-refractivity contribution in [3.8, 4) is 0 Å². The zero-order chi connectivity index (χ0) is 11.2. The molecule has 0 bridgehead atoms. The van der Waals surface area contributed by atoms with E-state index in [1.165, 1.54) is 0 Å². The van der Waals surface area contributed by atoms with E-state index in [9.17, 15) is 4.79 Å². The second-order valence-electron chi connectivity index (χ2n) is 3.65. The molecule has 0 saturated carbocycles. The van der Waals surface area contributed by atoms with Gasteiger partial charge in [-0.25, -0.2) is 0 Å². The molecule has 86 valence electrons. The summed E-state index contributed by atoms with van der Waals surface area (Å²) in [5.74, 6) is -0.0631. The Bertz CT molecular complexity index is 335. The zero-order valence-corrected chi connectivity index (χ0v) is 9.02. The Hall–Kier alpha value is -1.39. The third-order valence-electron chi connectivity index (χ3n) is 2.27. The van der Waals surface area contributed by atoms with Gasteiger partial charge in [0.1, 0.15) is 6.10 Å². The van der Waals surface area contributed by atoms with Gasteiger partial charge in [0, 0.05) is 12.1 Å². The highest BCUT2D eigenvalue weighted by molar-refractivity contribution is 5.94. The number of hydrogen-bond donors (Lipinski definition) is 1. The number of nitrogens with one attached hydrogen (secondary N) is 1. The van der Waals surface area contributed by atoms with Crippen molar-refractivity contribution in [3.05, 3.63) is 35.9 Å². The summed E-state index contributed by atoms with van der Waals surface area (Å²) < 4.78 is 10.3. The average molecular weight is 221 g/mol. The molecule has 1 aromatic carbocycles. The Morgan fingerprint density at radius 2 is 2.19 bits per heavy atom. The Morgan fingerprint density at radius 3 is 2.88 bits per heavy atom. The summed E-state index contributed by atoms with van der Waals surface area (Å²) in [4.78, 5) is 11.6. The summed E-state index contributed by atoms with van der Waals surface area (Å²) in [6.45, 7) is 2.48. The summed E-state index contributed by atoms with van der Waals surface area (Å²) >= 11 is 0. The second kappa shape index (κ2) is 5.63. The summed E-state index contributed by atoms with van der Waals surface area (Å²) in [5.41, 5.74) is 0.674. The Balaban J connectivity index is 1.60. The Morgan fingerprint density at radius 1 is 1.44 bits per heavy atom. The van der Waals surface area contributed by atoms with Crippen molar-refractivity contribution in [2.24, 2.45) is 0 Å². The Labute approximate surface area is 94.6 Å². The van der Waals surface area contributed by atoms with Gasteiger partial charge in [-0.3, -0.25) is 4.79 Å². The second-order valence-corrected chi connectivity index (χ2v) is 3.65. The van der Waals surface area contributed by atoms with Gasteiger partial charge in [0.25, 0.3) is 5.91 Å². The molecule has 1 fully saturated rings. The monoisotopic (exact) mass is 221 g/mol. The largest absolute Gasteiger partial charge is 0.377 e. The van der Waals surface area contributed by atoms with Gasteiger partial charge in [0.2, 0.25) is 0 Å². The molecule has 1 aliphatic heterocycles. The van der Waals surface area contributed by atoms with E-state index in [-0.39, 0.29) is 12.0 Å². The molecule has 1 amide bonds. The predicted molar refractivity (Wildman–Crippen MR) is 59.3 cm³/mol. The topological polar surface area (TPSA) is 50.9 Å². The molecule has 4 nitrogen and oxygen atoms in total. The lowest BCUT2D eigenvalue weighted by Gasteiger charge is -2.05. The molecule has 1 aliphatic rings. The van der Waals surface area contributed by atoms with Crippen molar-refractivity contribution in [1.82, 2.24) is 5.32 Å². The third kappa shape index (κ3) is 3.64. The number of hydrogen-bond acceptors (Lipinski definition) is 3. The molecule has 0 aromatic heterocycles. The maximum atomic E-state index is 11.6. The van der Waals surface area contributed by atoms with Crippen LogP contribution in [0, 0.1) is 0 Å². The summed E-state index contributed by atoms with van der Waals surface area (Å²) in [7, 11) is 0. The van der Waals surface area contributed by atoms with Crippen LogP contribution >= 0.6 is 0 Å². The van der Waals surface area contributed by atoms with Gasteiger partial charge in [-0.15, -0.1) is 0 Å². The van der Waals surface area contributed by atoms with Crippen LogP contribution in [-0.2, 0) is 9.47 Å². The lowest BCUT2D eigenvalue weighted by Crippen LogP contribution is -2.27. The first-order valence-electron chi connectivity index (χ1n) is 5.39. The molecule has 1 unspecified atom stereocenters. The SMILES string of the molecule is O=C(NCCOCC1CO1)c1ccccc1. The van der Waals surface area contributed by atoms with Crippen LogP contribution in [0.15, 0.2) is 30.3 Å². The quantitative estimate of drug-likeness (QED) is 0.572. The number of carbonyl (C=O) groups excluding carboxylic acids is 1. The highest BCUT2D eigenvalue weighted by Gasteiger charge is 2.21. The van der Waals surface area contributed by atoms with Crippen molar-refractivity contribution >= 4 is 5.91 Å². The van der Waals surface area contributed by atoms with Crippen LogP contribution in [0.25, 0.3) is 0 Å². The minimum Gasteiger partial charge on any atom is -0.377 e. The maximum absolute atomic E-state index is 11.6. The van der Waals surface area contributed by atoms with E-state index >= 15 is 0 Å². The van der Waals surface area contributed by atoms with Gasteiger partial charge < -0.3 is 14.8 Å². The number of rotatable bonds is 6. The van der Waals surface area contributed by atoms with Gasteiger partial charge in [0.15, 0.2) is 0 Å². The van der Waals surface area contributed by atoms with Crippen LogP contribution in [0.1, 0.15) is 10.4 Å². The van der Waals surface area contributed by atoms with E-state index in [1.807, 2.05) is 18.2 Å². The minimum absolute atomic E-state index is 0.0631. The van der Waals surface area contributed by atoms with E-state index in [0.717, 1.165) is 6.61 Å². The standard InChI is InChI=1S/C12H15NO3/c14-12(10-4-2-1-3-5-10)13-6-7-15-8-11-9-16-11/h1-5,11H,6-9H2,(H,13,14). The number of ether oxygens (including phenoxy) is 2. The summed E-state index contributed by atoms with van der Waals surface area (Å²) in [6.07, 6.45) is 0.282. The number of amides is 1. The molecule has 1 aromatic rings. The van der Waals surface area contributed by atoms with Crippen LogP contribution < -0.4 is 5.32 Å². The van der Waals surface area contributed by atoms with Crippen molar-refractivity contribution in [2.45, 2.75) is 6.10 Å². The molecule has 16 heavy (non-hydrogen) atoms. The van der Waals surface area contributed by atoms with Crippen LogP contribution in [0.5, 0.6) is 0 Å². The molecular formula is C12H15NO3. The normalized spacial score (nSPS) is 18.1. The van der Waals surface area contributed by atoms with Gasteiger partial charge in [-0.1, -0.05) is 18.2 Å². The van der Waals surface area contributed by atoms with E-state index in [2.05, 4.69) is 5.32 Å². The van der Waals surface area contributed by atoms with Crippen molar-refractivity contribution in [2.75, 3.05) is 26.4 Å². The number of carbonyl (C=O) groups is 1. The lowest BCUT2D eigenvalue weighted by atomic mass is 10.2. The fourth-order valence-electron chi connectivity index (χ4n) is 1.31. The van der Waals surface area contributed by atoms with Crippen molar-refractivity contribution < 1.29 is 14.3 Å². The van der Waals surface area contributed by atoms with Crippen LogP contribution in [0.2, 0.25) is 0 Å². The molecule has 1 atom stereocenters. The van der Waals surface area contributed by atoms with Gasteiger partial charge in [-0.2, -0.15) is 0 Å². The third-order valence-corrected chi connectivity index (χ3v) is 2.27. The molecule has 1 N–H and O–H groups in total. The summed E-state index contributed by atoms with van der Waals surface area (Å²) in [6, 6.07) is 9.14. The van der Waals surface area contributed by atoms with Crippen molar-refractivity contribution in [3.63, 3.8) is 0 Å². The molecule has 4 heteroatoms. The Kier molecular flexibility index (Phi) is 3.91. The first-order valence-corrected chi connectivity index (χ1v) is 5.39. The molecule has 1 saturated heterocycles. The first-order chi connectivity index (χ1) is 7.86. The van der Waals surface area contributed by atoms with Crippen molar-refractivity contribution in [1.29, 1.82) is 0 Å². The molecule has 0 aliphatic carbocycles. The van der Waals surface area contributed by atoms with Gasteiger partial charge >= 0.3 is 0 Å². The molecule has 2 rings (SSSR count). The fraction of sp³-hybridized carbons (Fsp3) is 0.417. The molecular weight excluding hydrogens is 206 g/mol. The molecule has 0 spiro atoms. The number of benzene rings is 1. The van der Waals surface area contributed by atoms with Gasteiger partial charge in [-0.05, 0) is 12.1 Å². The first kappa shape index (κ1) is 11.1. The van der Waals surface area contributed by atoms with Crippen LogP contribution in [-0.4, -0.2) is 38.4 Å². The van der Waals surface area contributed by atoms with Crippen LogP contribution in [0.4, 0.5) is 0 Å². The maximum Gasteiger partial charge on any atom is 0.251 e. The lowest BCUT2D eigenvalue weighted by molar-refractivity contribution is 0.0899. The van der Waals surface area contributed by atoms with Crippen LogP contribution in [0.3, 0.4) is 0 Å². The minimum atomic E-state index is -0.0631. The fourth-order valence-corrected chi connectivity index (χ4v) is 1.31. The average Bonchev–Trinajstić information content (AvgIpc) is 3.13. The van der Waals surface area contributed by atoms with Gasteiger partial charge in [0.05, 0.1) is 19.8 Å².